The molecular weight excluding hydrogens is 270 g/mol. The van der Waals surface area contributed by atoms with Crippen molar-refractivity contribution in [1.29, 1.82) is 0 Å². The molecule has 20 heavy (non-hydrogen) atoms. The summed E-state index contributed by atoms with van der Waals surface area (Å²) in [4.78, 5) is 7.06. The first-order chi connectivity index (χ1) is 9.54. The third-order valence-corrected chi connectivity index (χ3v) is 5.82. The van der Waals surface area contributed by atoms with Crippen LogP contribution in [0.5, 0.6) is 0 Å². The molecule has 0 spiro atoms. The molecule has 5 heteroatoms. The van der Waals surface area contributed by atoms with E-state index in [0.717, 1.165) is 50.6 Å². The minimum Gasteiger partial charge on any atom is -0.388 e. The SMILES string of the molecule is CCNC(=NCC1(O)CCC1)N1CCSC(C(C)C)C1. The fourth-order valence-electron chi connectivity index (χ4n) is 2.66. The van der Waals surface area contributed by atoms with Crippen LogP contribution in [0.4, 0.5) is 0 Å². The van der Waals surface area contributed by atoms with Crippen molar-refractivity contribution < 1.29 is 5.11 Å². The summed E-state index contributed by atoms with van der Waals surface area (Å²) in [6.45, 7) is 10.2. The topological polar surface area (TPSA) is 47.9 Å². The van der Waals surface area contributed by atoms with Crippen molar-refractivity contribution in [2.24, 2.45) is 10.9 Å². The van der Waals surface area contributed by atoms with Crippen molar-refractivity contribution in [3.8, 4) is 0 Å². The summed E-state index contributed by atoms with van der Waals surface area (Å²) < 4.78 is 0. The van der Waals surface area contributed by atoms with Gasteiger partial charge in [0.25, 0.3) is 0 Å². The Hall–Kier alpha value is -0.420. The van der Waals surface area contributed by atoms with E-state index in [1.807, 2.05) is 0 Å². The Morgan fingerprint density at radius 1 is 1.50 bits per heavy atom. The van der Waals surface area contributed by atoms with E-state index in [1.165, 1.54) is 0 Å². The van der Waals surface area contributed by atoms with Crippen LogP contribution in [0.2, 0.25) is 0 Å². The van der Waals surface area contributed by atoms with Crippen LogP contribution in [0.3, 0.4) is 0 Å². The highest BCUT2D eigenvalue weighted by molar-refractivity contribution is 8.00. The molecule has 1 aliphatic carbocycles. The van der Waals surface area contributed by atoms with Crippen LogP contribution >= 0.6 is 11.8 Å². The van der Waals surface area contributed by atoms with Crippen LogP contribution in [0, 0.1) is 5.92 Å². The zero-order valence-electron chi connectivity index (χ0n) is 13.1. The average molecular weight is 299 g/mol. The van der Waals surface area contributed by atoms with Crippen molar-refractivity contribution in [1.82, 2.24) is 10.2 Å². The van der Waals surface area contributed by atoms with Gasteiger partial charge < -0.3 is 15.3 Å². The molecule has 4 nitrogen and oxygen atoms in total. The predicted molar refractivity (Wildman–Crippen MR) is 87.4 cm³/mol. The number of hydrogen-bond acceptors (Lipinski definition) is 3. The Labute approximate surface area is 127 Å². The van der Waals surface area contributed by atoms with E-state index in [-0.39, 0.29) is 0 Å². The van der Waals surface area contributed by atoms with Crippen LogP contribution in [-0.4, -0.2) is 58.7 Å². The van der Waals surface area contributed by atoms with E-state index in [4.69, 9.17) is 4.99 Å². The highest BCUT2D eigenvalue weighted by Crippen LogP contribution is 2.32. The molecule has 2 aliphatic rings. The number of nitrogens with zero attached hydrogens (tertiary/aromatic N) is 2. The zero-order chi connectivity index (χ0) is 14.6. The second kappa shape index (κ2) is 7.03. The number of nitrogens with one attached hydrogen (secondary N) is 1. The highest BCUT2D eigenvalue weighted by Gasteiger charge is 2.34. The van der Waals surface area contributed by atoms with Crippen molar-refractivity contribution in [2.75, 3.05) is 31.9 Å². The van der Waals surface area contributed by atoms with Gasteiger partial charge in [0.15, 0.2) is 5.96 Å². The number of aliphatic hydroxyl groups is 1. The number of thioether (sulfide) groups is 1. The lowest BCUT2D eigenvalue weighted by Gasteiger charge is -2.38. The molecule has 1 atom stereocenters. The number of rotatable bonds is 4. The Bertz CT molecular complexity index is 342. The fraction of sp³-hybridized carbons (Fsp3) is 0.933. The molecule has 0 aromatic rings. The smallest absolute Gasteiger partial charge is 0.194 e. The van der Waals surface area contributed by atoms with Gasteiger partial charge in [-0.15, -0.1) is 0 Å². The van der Waals surface area contributed by atoms with Gasteiger partial charge in [-0.3, -0.25) is 4.99 Å². The fourth-order valence-corrected chi connectivity index (χ4v) is 3.96. The molecule has 1 heterocycles. The number of guanidine groups is 1. The normalized spacial score (nSPS) is 26.6. The van der Waals surface area contributed by atoms with Crippen LogP contribution in [-0.2, 0) is 0 Å². The summed E-state index contributed by atoms with van der Waals surface area (Å²) in [6, 6.07) is 0. The lowest BCUT2D eigenvalue weighted by molar-refractivity contribution is -0.0237. The van der Waals surface area contributed by atoms with E-state index in [1.54, 1.807) is 0 Å². The second-order valence-corrected chi connectivity index (χ2v) is 7.69. The Morgan fingerprint density at radius 3 is 2.80 bits per heavy atom. The van der Waals surface area contributed by atoms with E-state index in [2.05, 4.69) is 42.7 Å². The van der Waals surface area contributed by atoms with E-state index in [0.29, 0.717) is 17.7 Å². The van der Waals surface area contributed by atoms with E-state index < -0.39 is 5.60 Å². The van der Waals surface area contributed by atoms with Gasteiger partial charge in [-0.1, -0.05) is 13.8 Å². The monoisotopic (exact) mass is 299 g/mol. The van der Waals surface area contributed by atoms with E-state index >= 15 is 0 Å². The summed E-state index contributed by atoms with van der Waals surface area (Å²) >= 11 is 2.08. The first-order valence-electron chi connectivity index (χ1n) is 7.91. The minimum absolute atomic E-state index is 0.525. The summed E-state index contributed by atoms with van der Waals surface area (Å²) in [5.41, 5.74) is -0.525. The third kappa shape index (κ3) is 4.04. The van der Waals surface area contributed by atoms with Gasteiger partial charge in [-0.2, -0.15) is 11.8 Å². The largest absolute Gasteiger partial charge is 0.388 e. The Kier molecular flexibility index (Phi) is 5.61. The second-order valence-electron chi connectivity index (χ2n) is 6.35. The van der Waals surface area contributed by atoms with Gasteiger partial charge in [0.05, 0.1) is 12.1 Å². The highest BCUT2D eigenvalue weighted by atomic mass is 32.2. The van der Waals surface area contributed by atoms with Gasteiger partial charge in [0.1, 0.15) is 0 Å². The molecule has 2 rings (SSSR count). The standard InChI is InChI=1S/C15H29N3OS/c1-4-16-14(17-11-15(19)6-5-7-15)18-8-9-20-13(10-18)12(2)3/h12-13,19H,4-11H2,1-3H3,(H,16,17). The van der Waals surface area contributed by atoms with Gasteiger partial charge in [0.2, 0.25) is 0 Å². The Balaban J connectivity index is 1.97. The molecule has 1 saturated heterocycles. The molecule has 0 bridgehead atoms. The first kappa shape index (κ1) is 16.0. The van der Waals surface area contributed by atoms with Crippen LogP contribution in [0.15, 0.2) is 4.99 Å². The molecule has 0 aromatic carbocycles. The molecule has 2 N–H and O–H groups in total. The lowest BCUT2D eigenvalue weighted by Crippen LogP contribution is -2.50. The maximum Gasteiger partial charge on any atom is 0.194 e. The van der Waals surface area contributed by atoms with Gasteiger partial charge in [0, 0.05) is 30.6 Å². The molecule has 0 aromatic heterocycles. The quantitative estimate of drug-likeness (QED) is 0.615. The molecule has 0 amide bonds. The maximum atomic E-state index is 10.2. The van der Waals surface area contributed by atoms with Crippen molar-refractivity contribution in [2.45, 2.75) is 50.9 Å². The summed E-state index contributed by atoms with van der Waals surface area (Å²) in [6.07, 6.45) is 2.94. The van der Waals surface area contributed by atoms with Crippen LogP contribution in [0.25, 0.3) is 0 Å². The lowest BCUT2D eigenvalue weighted by atomic mass is 9.80. The molecule has 1 saturated carbocycles. The average Bonchev–Trinajstić information content (AvgIpc) is 2.41. The first-order valence-corrected chi connectivity index (χ1v) is 8.96. The molecular formula is C15H29N3OS. The molecule has 116 valence electrons. The number of hydrogen-bond donors (Lipinski definition) is 2. The van der Waals surface area contributed by atoms with E-state index in [9.17, 15) is 5.11 Å². The van der Waals surface area contributed by atoms with Crippen molar-refractivity contribution in [3.63, 3.8) is 0 Å². The number of aliphatic imine (C=N–C) groups is 1. The van der Waals surface area contributed by atoms with Gasteiger partial charge >= 0.3 is 0 Å². The molecule has 1 unspecified atom stereocenters. The van der Waals surface area contributed by atoms with Crippen LogP contribution < -0.4 is 5.32 Å². The molecule has 2 fully saturated rings. The summed E-state index contributed by atoms with van der Waals surface area (Å²) in [5, 5.41) is 14.3. The van der Waals surface area contributed by atoms with Crippen LogP contribution in [0.1, 0.15) is 40.0 Å². The molecule has 1 aliphatic heterocycles. The van der Waals surface area contributed by atoms with Gasteiger partial charge in [-0.25, -0.2) is 0 Å². The molecule has 0 radical (unpaired) electrons. The third-order valence-electron chi connectivity index (χ3n) is 4.28. The summed E-state index contributed by atoms with van der Waals surface area (Å²) in [5.74, 6) is 2.85. The van der Waals surface area contributed by atoms with Crippen molar-refractivity contribution >= 4 is 17.7 Å². The van der Waals surface area contributed by atoms with Gasteiger partial charge in [-0.05, 0) is 32.1 Å². The van der Waals surface area contributed by atoms with Crippen molar-refractivity contribution in [3.05, 3.63) is 0 Å². The zero-order valence-corrected chi connectivity index (χ0v) is 13.9. The summed E-state index contributed by atoms with van der Waals surface area (Å²) in [7, 11) is 0. The predicted octanol–water partition coefficient (Wildman–Crippen LogP) is 1.94. The minimum atomic E-state index is -0.525. The maximum absolute atomic E-state index is 10.2. The Morgan fingerprint density at radius 2 is 2.25 bits per heavy atom.